The van der Waals surface area contributed by atoms with Crippen molar-refractivity contribution in [3.8, 4) is 10.6 Å². The SMILES string of the molecule is Bc1nc(-c2cncc(F)c2)sc1N(C)C(=O)C(C)CSC. The van der Waals surface area contributed by atoms with Gasteiger partial charge in [0.2, 0.25) is 5.91 Å². The second-order valence-electron chi connectivity index (χ2n) is 5.06. The van der Waals surface area contributed by atoms with Crippen LogP contribution >= 0.6 is 23.1 Å². The summed E-state index contributed by atoms with van der Waals surface area (Å²) >= 11 is 3.02. The average Bonchev–Trinajstić information content (AvgIpc) is 2.88. The molecule has 0 N–H and O–H groups in total. The number of nitrogens with zero attached hydrogens (tertiary/aromatic N) is 3. The largest absolute Gasteiger partial charge is 0.306 e. The van der Waals surface area contributed by atoms with Crippen LogP contribution in [0.3, 0.4) is 0 Å². The van der Waals surface area contributed by atoms with Crippen molar-refractivity contribution in [2.75, 3.05) is 24.0 Å². The minimum absolute atomic E-state index is 0.0548. The Bertz CT molecular complexity index is 680. The lowest BCUT2D eigenvalue weighted by Gasteiger charge is -2.19. The van der Waals surface area contributed by atoms with Gasteiger partial charge in [-0.1, -0.05) is 18.3 Å². The van der Waals surface area contributed by atoms with Crippen molar-refractivity contribution in [1.82, 2.24) is 9.97 Å². The van der Waals surface area contributed by atoms with Crippen molar-refractivity contribution in [2.45, 2.75) is 6.92 Å². The summed E-state index contributed by atoms with van der Waals surface area (Å²) < 4.78 is 13.3. The lowest BCUT2D eigenvalue weighted by Crippen LogP contribution is -2.34. The van der Waals surface area contributed by atoms with E-state index in [1.54, 1.807) is 29.9 Å². The molecule has 116 valence electrons. The first-order valence-electron chi connectivity index (χ1n) is 6.79. The number of hydrogen-bond donors (Lipinski definition) is 0. The number of pyridine rings is 1. The number of thiazole rings is 1. The molecule has 1 unspecified atom stereocenters. The van der Waals surface area contributed by atoms with Crippen LogP contribution in [0.5, 0.6) is 0 Å². The molecule has 2 rings (SSSR count). The summed E-state index contributed by atoms with van der Waals surface area (Å²) in [4.78, 5) is 22.3. The van der Waals surface area contributed by atoms with E-state index in [9.17, 15) is 9.18 Å². The Morgan fingerprint density at radius 1 is 1.55 bits per heavy atom. The maximum atomic E-state index is 13.3. The highest BCUT2D eigenvalue weighted by atomic mass is 32.2. The van der Waals surface area contributed by atoms with Gasteiger partial charge in [-0.2, -0.15) is 11.8 Å². The zero-order valence-electron chi connectivity index (χ0n) is 13.0. The highest BCUT2D eigenvalue weighted by Crippen LogP contribution is 2.29. The molecule has 0 spiro atoms. The lowest BCUT2D eigenvalue weighted by molar-refractivity contribution is -0.120. The summed E-state index contributed by atoms with van der Waals surface area (Å²) in [5.74, 6) is 0.387. The third kappa shape index (κ3) is 3.67. The maximum Gasteiger partial charge on any atom is 0.231 e. The van der Waals surface area contributed by atoms with E-state index in [-0.39, 0.29) is 11.8 Å². The first-order valence-corrected chi connectivity index (χ1v) is 9.00. The van der Waals surface area contributed by atoms with Crippen LogP contribution in [0.2, 0.25) is 0 Å². The van der Waals surface area contributed by atoms with E-state index in [0.29, 0.717) is 10.6 Å². The van der Waals surface area contributed by atoms with Crippen LogP contribution in [0.15, 0.2) is 18.5 Å². The fourth-order valence-corrected chi connectivity index (χ4v) is 3.76. The van der Waals surface area contributed by atoms with Crippen molar-refractivity contribution >= 4 is 47.4 Å². The molecule has 2 aromatic rings. The Morgan fingerprint density at radius 3 is 2.91 bits per heavy atom. The van der Waals surface area contributed by atoms with Gasteiger partial charge in [0.1, 0.15) is 15.8 Å². The molecule has 0 saturated carbocycles. The molecule has 1 amide bonds. The van der Waals surface area contributed by atoms with Crippen molar-refractivity contribution < 1.29 is 9.18 Å². The topological polar surface area (TPSA) is 46.1 Å². The number of anilines is 1. The van der Waals surface area contributed by atoms with Gasteiger partial charge < -0.3 is 4.90 Å². The Kier molecular flexibility index (Phi) is 5.58. The van der Waals surface area contributed by atoms with E-state index in [1.165, 1.54) is 17.4 Å². The Labute approximate surface area is 138 Å². The highest BCUT2D eigenvalue weighted by molar-refractivity contribution is 7.98. The molecule has 22 heavy (non-hydrogen) atoms. The molecular weight excluding hydrogens is 320 g/mol. The predicted octanol–water partition coefficient (Wildman–Crippen LogP) is 1.56. The smallest absolute Gasteiger partial charge is 0.231 e. The number of hydrogen-bond acceptors (Lipinski definition) is 5. The van der Waals surface area contributed by atoms with E-state index >= 15 is 0 Å². The average molecular weight is 337 g/mol. The molecule has 0 fully saturated rings. The summed E-state index contributed by atoms with van der Waals surface area (Å²) in [6.07, 6.45) is 4.71. The Morgan fingerprint density at radius 2 is 2.27 bits per heavy atom. The molecule has 1 atom stereocenters. The van der Waals surface area contributed by atoms with Crippen molar-refractivity contribution in [3.63, 3.8) is 0 Å². The van der Waals surface area contributed by atoms with Crippen LogP contribution in [-0.2, 0) is 4.79 Å². The second-order valence-corrected chi connectivity index (χ2v) is 6.94. The van der Waals surface area contributed by atoms with E-state index in [4.69, 9.17) is 0 Å². The molecular formula is C14H17BFN3OS2. The molecule has 0 radical (unpaired) electrons. The van der Waals surface area contributed by atoms with Gasteiger partial charge >= 0.3 is 0 Å². The molecule has 8 heteroatoms. The van der Waals surface area contributed by atoms with Crippen LogP contribution in [0.1, 0.15) is 6.92 Å². The van der Waals surface area contributed by atoms with Crippen molar-refractivity contribution in [2.24, 2.45) is 5.92 Å². The number of carbonyl (C=O) groups excluding carboxylic acids is 1. The number of rotatable bonds is 5. The van der Waals surface area contributed by atoms with Crippen molar-refractivity contribution in [3.05, 3.63) is 24.3 Å². The fraction of sp³-hybridized carbons (Fsp3) is 0.357. The Balaban J connectivity index is 2.28. The number of thioether (sulfide) groups is 1. The van der Waals surface area contributed by atoms with E-state index in [1.807, 2.05) is 21.0 Å². The summed E-state index contributed by atoms with van der Waals surface area (Å²) in [7, 11) is 3.61. The van der Waals surface area contributed by atoms with Crippen LogP contribution in [0, 0.1) is 11.7 Å². The third-order valence-corrected chi connectivity index (χ3v) is 5.31. The quantitative estimate of drug-likeness (QED) is 0.777. The first kappa shape index (κ1) is 17.0. The number of carbonyl (C=O) groups is 1. The first-order chi connectivity index (χ1) is 10.4. The summed E-state index contributed by atoms with van der Waals surface area (Å²) in [6, 6.07) is 1.40. The molecule has 2 aromatic heterocycles. The number of amides is 1. The minimum Gasteiger partial charge on any atom is -0.306 e. The summed E-state index contributed by atoms with van der Waals surface area (Å²) in [5.41, 5.74) is 1.38. The third-order valence-electron chi connectivity index (χ3n) is 3.20. The van der Waals surface area contributed by atoms with E-state index in [0.717, 1.165) is 22.5 Å². The van der Waals surface area contributed by atoms with Gasteiger partial charge in [-0.15, -0.1) is 0 Å². The van der Waals surface area contributed by atoms with Crippen LogP contribution in [-0.4, -0.2) is 42.8 Å². The molecule has 0 bridgehead atoms. The van der Waals surface area contributed by atoms with Gasteiger partial charge in [0.15, 0.2) is 7.85 Å². The van der Waals surface area contributed by atoms with Crippen molar-refractivity contribution in [1.29, 1.82) is 0 Å². The van der Waals surface area contributed by atoms with E-state index < -0.39 is 5.82 Å². The van der Waals surface area contributed by atoms with Crippen LogP contribution in [0.4, 0.5) is 9.39 Å². The summed E-state index contributed by atoms with van der Waals surface area (Å²) in [5, 5.41) is 1.45. The molecule has 0 saturated heterocycles. The number of aromatic nitrogens is 2. The summed E-state index contributed by atoms with van der Waals surface area (Å²) in [6.45, 7) is 1.92. The van der Waals surface area contributed by atoms with Gasteiger partial charge in [-0.3, -0.25) is 9.78 Å². The Hall–Kier alpha value is -1.41. The van der Waals surface area contributed by atoms with Gasteiger partial charge in [0, 0.05) is 36.1 Å². The molecule has 0 aliphatic carbocycles. The van der Waals surface area contributed by atoms with Gasteiger partial charge in [0.25, 0.3) is 0 Å². The lowest BCUT2D eigenvalue weighted by atomic mass is 10.1. The molecule has 2 heterocycles. The van der Waals surface area contributed by atoms with E-state index in [2.05, 4.69) is 9.97 Å². The minimum atomic E-state index is -0.398. The zero-order chi connectivity index (χ0) is 16.3. The molecule has 0 aliphatic heterocycles. The zero-order valence-corrected chi connectivity index (χ0v) is 14.6. The van der Waals surface area contributed by atoms with Gasteiger partial charge in [-0.05, 0) is 12.3 Å². The molecule has 4 nitrogen and oxygen atoms in total. The maximum absolute atomic E-state index is 13.3. The highest BCUT2D eigenvalue weighted by Gasteiger charge is 2.22. The van der Waals surface area contributed by atoms with Crippen LogP contribution in [0.25, 0.3) is 10.6 Å². The number of halogens is 1. The fourth-order valence-electron chi connectivity index (χ4n) is 2.10. The van der Waals surface area contributed by atoms with Crippen LogP contribution < -0.4 is 10.5 Å². The monoisotopic (exact) mass is 337 g/mol. The molecule has 0 aliphatic rings. The van der Waals surface area contributed by atoms with Gasteiger partial charge in [0.05, 0.1) is 6.20 Å². The molecule has 0 aromatic carbocycles. The standard InChI is InChI=1S/C14H17BFN3OS2/c1-8(7-21-3)13(20)19(2)14-11(15)18-12(22-14)9-4-10(16)6-17-5-9/h4-6,8H,7,15H2,1-3H3. The second kappa shape index (κ2) is 7.24. The van der Waals surface area contributed by atoms with Gasteiger partial charge in [-0.25, -0.2) is 9.37 Å². The normalized spacial score (nSPS) is 12.2. The predicted molar refractivity (Wildman–Crippen MR) is 94.4 cm³/mol.